The van der Waals surface area contributed by atoms with E-state index in [4.69, 9.17) is 49.0 Å². The number of rotatable bonds is 5. The fourth-order valence-corrected chi connectivity index (χ4v) is 3.37. The summed E-state index contributed by atoms with van der Waals surface area (Å²) in [5, 5.41) is 0.729. The highest BCUT2D eigenvalue weighted by Crippen LogP contribution is 2.34. The molecule has 0 aromatic heterocycles. The molecule has 1 fully saturated rings. The first kappa shape index (κ1) is 20.3. The van der Waals surface area contributed by atoms with Crippen LogP contribution >= 0.6 is 34.8 Å². The lowest BCUT2D eigenvalue weighted by molar-refractivity contribution is -0.141. The Kier molecular flexibility index (Phi) is 6.88. The van der Waals surface area contributed by atoms with Gasteiger partial charge in [-0.1, -0.05) is 46.9 Å². The summed E-state index contributed by atoms with van der Waals surface area (Å²) in [6, 6.07) is 10.4. The molecule has 0 amide bonds. The highest BCUT2D eigenvalue weighted by Gasteiger charge is 2.20. The summed E-state index contributed by atoms with van der Waals surface area (Å²) in [6.45, 7) is 2.40. The number of halogens is 3. The Balaban J connectivity index is 1.60. The number of esters is 1. The molecule has 0 bridgehead atoms. The molecular formula is C20H19Cl3O4. The van der Waals surface area contributed by atoms with Gasteiger partial charge in [0.05, 0.1) is 21.2 Å². The van der Waals surface area contributed by atoms with Crippen LogP contribution in [0.15, 0.2) is 36.4 Å². The molecule has 3 rings (SSSR count). The van der Waals surface area contributed by atoms with Crippen LogP contribution in [0.4, 0.5) is 0 Å². The van der Waals surface area contributed by atoms with Gasteiger partial charge in [-0.2, -0.15) is 0 Å². The summed E-state index contributed by atoms with van der Waals surface area (Å²) < 4.78 is 16.7. The predicted molar refractivity (Wildman–Crippen MR) is 106 cm³/mol. The first-order chi connectivity index (χ1) is 12.9. The molecule has 7 heteroatoms. The van der Waals surface area contributed by atoms with Gasteiger partial charge in [0, 0.05) is 12.7 Å². The van der Waals surface area contributed by atoms with Crippen LogP contribution in [0.2, 0.25) is 15.1 Å². The summed E-state index contributed by atoms with van der Waals surface area (Å²) >= 11 is 17.8. The van der Waals surface area contributed by atoms with Gasteiger partial charge >= 0.3 is 5.97 Å². The van der Waals surface area contributed by atoms with Crippen molar-refractivity contribution in [2.45, 2.75) is 38.4 Å². The van der Waals surface area contributed by atoms with Crippen LogP contribution in [-0.2, 0) is 9.53 Å². The van der Waals surface area contributed by atoms with Gasteiger partial charge in [0.25, 0.3) is 0 Å². The number of carbonyl (C=O) groups is 1. The lowest BCUT2D eigenvalue weighted by Gasteiger charge is -2.23. The van der Waals surface area contributed by atoms with Gasteiger partial charge in [-0.15, -0.1) is 0 Å². The SMILES string of the molecule is CC(Oc1ccc(C2CCCCO2)cc1)C(=O)Oc1cc(Cl)c(Cl)cc1Cl. The van der Waals surface area contributed by atoms with Crippen LogP contribution < -0.4 is 9.47 Å². The van der Waals surface area contributed by atoms with Crippen molar-refractivity contribution in [3.8, 4) is 11.5 Å². The van der Waals surface area contributed by atoms with Gasteiger partial charge in [-0.3, -0.25) is 0 Å². The van der Waals surface area contributed by atoms with E-state index in [2.05, 4.69) is 0 Å². The number of hydrogen-bond donors (Lipinski definition) is 0. The van der Waals surface area contributed by atoms with E-state index < -0.39 is 12.1 Å². The van der Waals surface area contributed by atoms with Crippen molar-refractivity contribution in [2.75, 3.05) is 6.61 Å². The average Bonchev–Trinajstić information content (AvgIpc) is 2.67. The molecule has 1 aliphatic heterocycles. The Hall–Kier alpha value is -1.46. The van der Waals surface area contributed by atoms with Crippen LogP contribution in [0, 0.1) is 0 Å². The maximum atomic E-state index is 12.3. The smallest absolute Gasteiger partial charge is 0.352 e. The van der Waals surface area contributed by atoms with Gasteiger partial charge in [0.1, 0.15) is 5.75 Å². The molecule has 0 N–H and O–H groups in total. The fourth-order valence-electron chi connectivity index (χ4n) is 2.79. The van der Waals surface area contributed by atoms with Crippen molar-refractivity contribution in [3.05, 3.63) is 57.0 Å². The summed E-state index contributed by atoms with van der Waals surface area (Å²) in [5.74, 6) is 0.116. The minimum absolute atomic E-state index is 0.131. The molecule has 1 aliphatic rings. The van der Waals surface area contributed by atoms with Crippen LogP contribution in [0.25, 0.3) is 0 Å². The molecule has 2 aromatic carbocycles. The molecule has 1 heterocycles. The molecule has 27 heavy (non-hydrogen) atoms. The zero-order valence-electron chi connectivity index (χ0n) is 14.7. The lowest BCUT2D eigenvalue weighted by atomic mass is 10.0. The number of hydrogen-bond acceptors (Lipinski definition) is 4. The van der Waals surface area contributed by atoms with E-state index in [-0.39, 0.29) is 26.9 Å². The largest absolute Gasteiger partial charge is 0.479 e. The molecule has 0 radical (unpaired) electrons. The monoisotopic (exact) mass is 428 g/mol. The van der Waals surface area contributed by atoms with Crippen LogP contribution in [0.1, 0.15) is 37.9 Å². The predicted octanol–water partition coefficient (Wildman–Crippen LogP) is 6.26. The van der Waals surface area contributed by atoms with E-state index in [1.165, 1.54) is 18.6 Å². The molecule has 1 saturated heterocycles. The Morgan fingerprint density at radius 3 is 2.44 bits per heavy atom. The second-order valence-electron chi connectivity index (χ2n) is 6.30. The van der Waals surface area contributed by atoms with Gasteiger partial charge < -0.3 is 14.2 Å². The standard InChI is InChI=1S/C20H19Cl3O4/c1-12(20(24)27-19-11-16(22)15(21)10-17(19)23)26-14-7-5-13(6-8-14)18-4-2-3-9-25-18/h5-8,10-12,18H,2-4,9H2,1H3. The molecule has 0 aliphatic carbocycles. The number of ether oxygens (including phenoxy) is 3. The third kappa shape index (κ3) is 5.29. The fraction of sp³-hybridized carbons (Fsp3) is 0.350. The average molecular weight is 430 g/mol. The third-order valence-electron chi connectivity index (χ3n) is 4.26. The Bertz CT molecular complexity index is 802. The normalized spacial score (nSPS) is 18.0. The van der Waals surface area contributed by atoms with Crippen molar-refractivity contribution >= 4 is 40.8 Å². The minimum Gasteiger partial charge on any atom is -0.479 e. The zero-order chi connectivity index (χ0) is 19.4. The Labute approximate surface area is 173 Å². The van der Waals surface area contributed by atoms with E-state index in [0.717, 1.165) is 25.0 Å². The summed E-state index contributed by atoms with van der Waals surface area (Å²) in [7, 11) is 0. The Morgan fingerprint density at radius 2 is 1.78 bits per heavy atom. The van der Waals surface area contributed by atoms with Crippen molar-refractivity contribution in [1.82, 2.24) is 0 Å². The minimum atomic E-state index is -0.827. The molecule has 144 valence electrons. The second-order valence-corrected chi connectivity index (χ2v) is 7.52. The molecule has 0 saturated carbocycles. The van der Waals surface area contributed by atoms with Crippen LogP contribution in [0.5, 0.6) is 11.5 Å². The number of benzene rings is 2. The Morgan fingerprint density at radius 1 is 1.07 bits per heavy atom. The maximum absolute atomic E-state index is 12.3. The highest BCUT2D eigenvalue weighted by molar-refractivity contribution is 6.43. The highest BCUT2D eigenvalue weighted by atomic mass is 35.5. The topological polar surface area (TPSA) is 44.8 Å². The molecule has 2 aromatic rings. The molecular weight excluding hydrogens is 411 g/mol. The summed E-state index contributed by atoms with van der Waals surface area (Å²) in [5.41, 5.74) is 1.11. The van der Waals surface area contributed by atoms with E-state index in [0.29, 0.717) is 5.75 Å². The van der Waals surface area contributed by atoms with Gasteiger partial charge in [-0.05, 0) is 49.9 Å². The zero-order valence-corrected chi connectivity index (χ0v) is 17.0. The lowest BCUT2D eigenvalue weighted by Crippen LogP contribution is -2.28. The summed E-state index contributed by atoms with van der Waals surface area (Å²) in [4.78, 5) is 12.3. The first-order valence-electron chi connectivity index (χ1n) is 8.68. The number of carbonyl (C=O) groups excluding carboxylic acids is 1. The van der Waals surface area contributed by atoms with Crippen molar-refractivity contribution in [2.24, 2.45) is 0 Å². The van der Waals surface area contributed by atoms with E-state index >= 15 is 0 Å². The van der Waals surface area contributed by atoms with Crippen molar-refractivity contribution < 1.29 is 19.0 Å². The molecule has 4 nitrogen and oxygen atoms in total. The van der Waals surface area contributed by atoms with E-state index in [9.17, 15) is 4.79 Å². The van der Waals surface area contributed by atoms with Gasteiger partial charge in [0.15, 0.2) is 11.9 Å². The second kappa shape index (κ2) is 9.16. The quantitative estimate of drug-likeness (QED) is 0.319. The van der Waals surface area contributed by atoms with Gasteiger partial charge in [-0.25, -0.2) is 4.79 Å². The van der Waals surface area contributed by atoms with Crippen molar-refractivity contribution in [1.29, 1.82) is 0 Å². The van der Waals surface area contributed by atoms with Crippen LogP contribution in [0.3, 0.4) is 0 Å². The third-order valence-corrected chi connectivity index (χ3v) is 5.28. The van der Waals surface area contributed by atoms with Gasteiger partial charge in [0.2, 0.25) is 0 Å². The van der Waals surface area contributed by atoms with Crippen molar-refractivity contribution in [3.63, 3.8) is 0 Å². The van der Waals surface area contributed by atoms with E-state index in [1.807, 2.05) is 24.3 Å². The summed E-state index contributed by atoms with van der Waals surface area (Å²) in [6.07, 6.45) is 2.61. The molecule has 2 unspecified atom stereocenters. The maximum Gasteiger partial charge on any atom is 0.352 e. The van der Waals surface area contributed by atoms with Crippen LogP contribution in [-0.4, -0.2) is 18.7 Å². The first-order valence-corrected chi connectivity index (χ1v) is 9.82. The molecule has 2 atom stereocenters. The molecule has 0 spiro atoms. The van der Waals surface area contributed by atoms with E-state index in [1.54, 1.807) is 6.92 Å².